The van der Waals surface area contributed by atoms with E-state index in [-0.39, 0.29) is 4.70 Å². The van der Waals surface area contributed by atoms with Crippen LogP contribution in [0.5, 0.6) is 0 Å². The van der Waals surface area contributed by atoms with Gasteiger partial charge < -0.3 is 0 Å². The maximum atomic E-state index is 4.42. The average molecular weight is 155 g/mol. The molecule has 52 valence electrons. The summed E-state index contributed by atoms with van der Waals surface area (Å²) in [6.45, 7) is 0. The molecule has 0 heterocycles. The van der Waals surface area contributed by atoms with E-state index in [1.165, 1.54) is 0 Å². The van der Waals surface area contributed by atoms with E-state index in [2.05, 4.69) is 22.4 Å². The van der Waals surface area contributed by atoms with Gasteiger partial charge in [-0.15, -0.1) is 0 Å². The van der Waals surface area contributed by atoms with Crippen LogP contribution in [0.1, 0.15) is 0 Å². The van der Waals surface area contributed by atoms with Crippen LogP contribution >= 0.6 is 12.2 Å². The lowest BCUT2D eigenvalue weighted by atomic mass is 10.3. The predicted molar refractivity (Wildman–Crippen MR) is 43.6 cm³/mol. The van der Waals surface area contributed by atoms with Gasteiger partial charge in [0.1, 0.15) is 0 Å². The number of halogens is 1. The fraction of sp³-hybridized carbons (Fsp3) is 0. The summed E-state index contributed by atoms with van der Waals surface area (Å²) in [4.78, 5) is 3.77. The van der Waals surface area contributed by atoms with Gasteiger partial charge in [0.05, 0.1) is 10.8 Å². The second-order valence-corrected chi connectivity index (χ2v) is 1.72. The Labute approximate surface area is 63.8 Å². The van der Waals surface area contributed by atoms with Gasteiger partial charge >= 0.3 is 0 Å². The van der Waals surface area contributed by atoms with E-state index in [1.54, 1.807) is 0 Å². The molecule has 0 N–H and O–H groups in total. The minimum absolute atomic E-state index is 0. The van der Waals surface area contributed by atoms with Crippen molar-refractivity contribution in [3.63, 3.8) is 0 Å². The molecule has 1 aromatic carbocycles. The summed E-state index contributed by atoms with van der Waals surface area (Å²) in [6.07, 6.45) is 0. The van der Waals surface area contributed by atoms with Crippen molar-refractivity contribution in [2.24, 2.45) is 4.99 Å². The number of hydrogen-bond donors (Lipinski definition) is 0. The lowest BCUT2D eigenvalue weighted by Crippen LogP contribution is -1.58. The summed E-state index contributed by atoms with van der Waals surface area (Å²) in [6, 6.07) is 9.50. The first-order valence-corrected chi connectivity index (χ1v) is 2.97. The third-order valence-electron chi connectivity index (χ3n) is 0.931. The van der Waals surface area contributed by atoms with E-state index in [0.29, 0.717) is 0 Å². The van der Waals surface area contributed by atoms with Gasteiger partial charge in [-0.05, 0) is 24.4 Å². The Morgan fingerprint density at radius 1 is 1.20 bits per heavy atom. The van der Waals surface area contributed by atoms with Gasteiger partial charge in [0.15, 0.2) is 0 Å². The average Bonchev–Trinajstić information content (AvgIpc) is 1.91. The van der Waals surface area contributed by atoms with Crippen molar-refractivity contribution in [1.29, 1.82) is 0 Å². The maximum absolute atomic E-state index is 4.42. The zero-order valence-corrected chi connectivity index (χ0v) is 5.97. The van der Waals surface area contributed by atoms with Crippen LogP contribution in [0.3, 0.4) is 0 Å². The molecule has 0 atom stereocenters. The quantitative estimate of drug-likeness (QED) is 0.448. The van der Waals surface area contributed by atoms with Crippen LogP contribution in [0, 0.1) is 0 Å². The second kappa shape index (κ2) is 4.79. The fourth-order valence-electron chi connectivity index (χ4n) is 0.555. The lowest BCUT2D eigenvalue weighted by Gasteiger charge is -1.83. The predicted octanol–water partition coefficient (Wildman–Crippen LogP) is 2.57. The minimum Gasteiger partial charge on any atom is -0.269 e. The molecule has 1 nitrogen and oxygen atoms in total. The third kappa shape index (κ3) is 2.49. The molecule has 0 saturated carbocycles. The van der Waals surface area contributed by atoms with Gasteiger partial charge in [-0.2, -0.15) is 4.99 Å². The molecule has 1 rings (SSSR count). The fourth-order valence-corrected chi connectivity index (χ4v) is 0.661. The zero-order valence-electron chi connectivity index (χ0n) is 5.15. The van der Waals surface area contributed by atoms with E-state index in [0.717, 1.165) is 5.69 Å². The highest BCUT2D eigenvalue weighted by molar-refractivity contribution is 7.78. The molecule has 0 aliphatic rings. The Morgan fingerprint density at radius 3 is 2.30 bits per heavy atom. The molecular weight excluding hydrogens is 149 g/mol. The molecular formula is C7H6FNS. The molecule has 0 saturated heterocycles. The highest BCUT2D eigenvalue weighted by Gasteiger charge is 1.79. The first-order chi connectivity index (χ1) is 4.43. The number of rotatable bonds is 1. The number of isothiocyanates is 1. The molecule has 3 heteroatoms. The number of nitrogens with zero attached hydrogens (tertiary/aromatic N) is 1. The van der Waals surface area contributed by atoms with Crippen LogP contribution in [-0.2, 0) is 0 Å². The van der Waals surface area contributed by atoms with Gasteiger partial charge in [0, 0.05) is 0 Å². The Kier molecular flexibility index (Phi) is 4.29. The second-order valence-electron chi connectivity index (χ2n) is 1.54. The maximum Gasteiger partial charge on any atom is 0.0739 e. The van der Waals surface area contributed by atoms with Crippen LogP contribution in [0.15, 0.2) is 35.3 Å². The smallest absolute Gasteiger partial charge is 0.0739 e. The van der Waals surface area contributed by atoms with Crippen molar-refractivity contribution < 1.29 is 4.70 Å². The van der Waals surface area contributed by atoms with Gasteiger partial charge in [0.25, 0.3) is 0 Å². The Balaban J connectivity index is 0.000000810. The van der Waals surface area contributed by atoms with E-state index in [4.69, 9.17) is 0 Å². The largest absolute Gasteiger partial charge is 0.269 e. The van der Waals surface area contributed by atoms with Crippen molar-refractivity contribution in [3.8, 4) is 0 Å². The molecule has 1 aromatic rings. The van der Waals surface area contributed by atoms with Crippen LogP contribution in [0.2, 0.25) is 0 Å². The molecule has 0 aromatic heterocycles. The molecule has 0 bridgehead atoms. The number of thiocarbonyl (C=S) groups is 1. The first kappa shape index (κ1) is 8.95. The van der Waals surface area contributed by atoms with Crippen LogP contribution in [0.4, 0.5) is 10.4 Å². The highest BCUT2D eigenvalue weighted by atomic mass is 32.1. The molecule has 0 radical (unpaired) electrons. The number of para-hydroxylation sites is 1. The van der Waals surface area contributed by atoms with Gasteiger partial charge in [-0.3, -0.25) is 4.70 Å². The van der Waals surface area contributed by atoms with Crippen molar-refractivity contribution in [2.45, 2.75) is 0 Å². The van der Waals surface area contributed by atoms with Crippen molar-refractivity contribution in [2.75, 3.05) is 0 Å². The van der Waals surface area contributed by atoms with E-state index < -0.39 is 0 Å². The number of aliphatic imine (C=N–C) groups is 1. The molecule has 10 heavy (non-hydrogen) atoms. The summed E-state index contributed by atoms with van der Waals surface area (Å²) >= 11 is 4.42. The Hall–Kier alpha value is -1.05. The lowest BCUT2D eigenvalue weighted by molar-refractivity contribution is 1.11. The molecule has 0 aliphatic heterocycles. The van der Waals surface area contributed by atoms with Crippen LogP contribution < -0.4 is 0 Å². The Morgan fingerprint density at radius 2 is 1.80 bits per heavy atom. The standard InChI is InChI=1S/C7H5NS.FH/c9-6-8-7-4-2-1-3-5-7;/h1-5H;1H. The van der Waals surface area contributed by atoms with Gasteiger partial charge in [0.2, 0.25) is 0 Å². The van der Waals surface area contributed by atoms with Crippen molar-refractivity contribution in [3.05, 3.63) is 30.3 Å². The summed E-state index contributed by atoms with van der Waals surface area (Å²) in [5.74, 6) is 0. The van der Waals surface area contributed by atoms with Gasteiger partial charge in [-0.1, -0.05) is 18.2 Å². The van der Waals surface area contributed by atoms with E-state index >= 15 is 0 Å². The van der Waals surface area contributed by atoms with Crippen molar-refractivity contribution >= 4 is 23.1 Å². The highest BCUT2D eigenvalue weighted by Crippen LogP contribution is 2.07. The van der Waals surface area contributed by atoms with E-state index in [9.17, 15) is 0 Å². The number of benzene rings is 1. The summed E-state index contributed by atoms with van der Waals surface area (Å²) in [5.41, 5.74) is 0.854. The SMILES string of the molecule is F.S=C=Nc1ccccc1. The molecule has 0 aliphatic carbocycles. The molecule has 0 amide bonds. The van der Waals surface area contributed by atoms with Crippen LogP contribution in [-0.4, -0.2) is 5.16 Å². The minimum atomic E-state index is 0. The topological polar surface area (TPSA) is 12.4 Å². The third-order valence-corrected chi connectivity index (χ3v) is 1.02. The monoisotopic (exact) mass is 155 g/mol. The summed E-state index contributed by atoms with van der Waals surface area (Å²) in [7, 11) is 0. The molecule has 0 fully saturated rings. The first-order valence-electron chi connectivity index (χ1n) is 2.56. The zero-order chi connectivity index (χ0) is 6.53. The van der Waals surface area contributed by atoms with Crippen molar-refractivity contribution in [1.82, 2.24) is 0 Å². The Bertz CT molecular complexity index is 229. The van der Waals surface area contributed by atoms with E-state index in [1.807, 2.05) is 30.3 Å². The summed E-state index contributed by atoms with van der Waals surface area (Å²) < 4.78 is 0. The molecule has 0 unspecified atom stereocenters. The normalized spacial score (nSPS) is 7.20. The summed E-state index contributed by atoms with van der Waals surface area (Å²) in [5, 5.41) is 2.29. The number of hydrogen-bond acceptors (Lipinski definition) is 2. The van der Waals surface area contributed by atoms with Gasteiger partial charge in [-0.25, -0.2) is 0 Å². The van der Waals surface area contributed by atoms with Crippen LogP contribution in [0.25, 0.3) is 0 Å². The molecule has 0 spiro atoms.